The van der Waals surface area contributed by atoms with E-state index in [4.69, 9.17) is 11.6 Å². The van der Waals surface area contributed by atoms with E-state index in [0.717, 1.165) is 5.69 Å². The summed E-state index contributed by atoms with van der Waals surface area (Å²) in [6, 6.07) is 9.74. The van der Waals surface area contributed by atoms with E-state index in [-0.39, 0.29) is 18.2 Å². The van der Waals surface area contributed by atoms with E-state index in [0.29, 0.717) is 11.1 Å². The van der Waals surface area contributed by atoms with Gasteiger partial charge >= 0.3 is 11.3 Å². The minimum absolute atomic E-state index is 0.0391. The number of alkyl halides is 3. The number of nitrogens with zero attached hydrogens (tertiary/aromatic N) is 3. The van der Waals surface area contributed by atoms with Crippen LogP contribution in [0.2, 0.25) is 0 Å². The normalized spacial score (nSPS) is 11.3. The first kappa shape index (κ1) is 17.0. The summed E-state index contributed by atoms with van der Waals surface area (Å²) in [5.41, 5.74) is 1.60. The van der Waals surface area contributed by atoms with Crippen molar-refractivity contribution in [2.24, 2.45) is 0 Å². The maximum Gasteiger partial charge on any atom is 0.400 e. The average molecular weight is 365 g/mol. The van der Waals surface area contributed by atoms with Crippen LogP contribution < -0.4 is 5.32 Å². The van der Waals surface area contributed by atoms with E-state index in [2.05, 4.69) is 25.0 Å². The number of anilines is 1. The van der Waals surface area contributed by atoms with Crippen LogP contribution in [-0.2, 0) is 5.38 Å². The Labute approximate surface area is 145 Å². The van der Waals surface area contributed by atoms with E-state index in [1.54, 1.807) is 36.7 Å². The van der Waals surface area contributed by atoms with Gasteiger partial charge in [0.15, 0.2) is 5.78 Å². The molecule has 0 aliphatic rings. The molecule has 0 saturated heterocycles. The van der Waals surface area contributed by atoms with Gasteiger partial charge in [0.1, 0.15) is 0 Å². The summed E-state index contributed by atoms with van der Waals surface area (Å²) in [6.45, 7) is 0.0931. The molecule has 0 saturated carbocycles. The zero-order valence-corrected chi connectivity index (χ0v) is 13.4. The first-order valence-corrected chi connectivity index (χ1v) is 7.50. The molecule has 2 heterocycles. The summed E-state index contributed by atoms with van der Waals surface area (Å²) in [5, 5.41) is 2.68. The van der Waals surface area contributed by atoms with Gasteiger partial charge in [-0.15, -0.1) is 0 Å². The van der Waals surface area contributed by atoms with Gasteiger partial charge in [-0.25, -0.2) is 0 Å². The van der Waals surface area contributed by atoms with Gasteiger partial charge < -0.3 is 9.84 Å². The lowest BCUT2D eigenvalue weighted by atomic mass is 10.1. The molecule has 0 radical (unpaired) electrons. The minimum Gasteiger partial charge on any atom is -0.376 e. The van der Waals surface area contributed by atoms with Crippen molar-refractivity contribution in [1.82, 2.24) is 15.1 Å². The molecular formula is C16H11ClF2N4O2. The fraction of sp³-hybridized carbons (Fsp3) is 0.125. The van der Waals surface area contributed by atoms with Crippen molar-refractivity contribution in [3.63, 3.8) is 0 Å². The summed E-state index contributed by atoms with van der Waals surface area (Å²) < 4.78 is 30.2. The first-order valence-electron chi connectivity index (χ1n) is 7.12. The third-order valence-corrected chi connectivity index (χ3v) is 3.41. The Hall–Kier alpha value is -2.87. The molecule has 3 rings (SSSR count). The maximum absolute atomic E-state index is 12.9. The lowest BCUT2D eigenvalue weighted by molar-refractivity contribution is 0.0551. The number of carbonyl (C=O) groups is 1. The first-order chi connectivity index (χ1) is 11.9. The van der Waals surface area contributed by atoms with Crippen molar-refractivity contribution in [1.29, 1.82) is 0 Å². The zero-order chi connectivity index (χ0) is 17.9. The summed E-state index contributed by atoms with van der Waals surface area (Å²) in [6.07, 6.45) is 3.24. The van der Waals surface area contributed by atoms with E-state index >= 15 is 0 Å². The van der Waals surface area contributed by atoms with Crippen LogP contribution in [0.25, 0.3) is 11.4 Å². The molecule has 0 fully saturated rings. The predicted molar refractivity (Wildman–Crippen MR) is 86.5 cm³/mol. The second-order valence-electron chi connectivity index (χ2n) is 5.02. The van der Waals surface area contributed by atoms with Crippen molar-refractivity contribution >= 4 is 23.1 Å². The van der Waals surface area contributed by atoms with Gasteiger partial charge in [0.25, 0.3) is 0 Å². The van der Waals surface area contributed by atoms with Crippen LogP contribution in [0.1, 0.15) is 16.2 Å². The minimum atomic E-state index is -3.72. The Balaban J connectivity index is 1.67. The number of hydrogen-bond acceptors (Lipinski definition) is 6. The third kappa shape index (κ3) is 4.16. The van der Waals surface area contributed by atoms with Gasteiger partial charge in [0, 0.05) is 23.5 Å². The standard InChI is InChI=1S/C16H11ClF2N4O2/c17-16(18,19)15-22-14(23-25-15)11-5-3-10(4-6-11)13(24)9-21-12-2-1-7-20-8-12/h1-8,21H,9H2. The molecule has 1 aromatic carbocycles. The summed E-state index contributed by atoms with van der Waals surface area (Å²) >= 11 is 4.83. The zero-order valence-electron chi connectivity index (χ0n) is 12.6. The van der Waals surface area contributed by atoms with Crippen LogP contribution in [0.5, 0.6) is 0 Å². The van der Waals surface area contributed by atoms with Gasteiger partial charge in [-0.2, -0.15) is 13.8 Å². The van der Waals surface area contributed by atoms with E-state index in [1.165, 1.54) is 12.1 Å². The number of carbonyl (C=O) groups excluding carboxylic acids is 1. The highest BCUT2D eigenvalue weighted by molar-refractivity contribution is 6.21. The molecule has 0 aliphatic carbocycles. The van der Waals surface area contributed by atoms with Crippen LogP contribution in [0, 0.1) is 0 Å². The van der Waals surface area contributed by atoms with E-state index < -0.39 is 11.3 Å². The molecule has 0 unspecified atom stereocenters. The molecule has 1 N–H and O–H groups in total. The number of aromatic nitrogens is 3. The van der Waals surface area contributed by atoms with Crippen LogP contribution in [0.15, 0.2) is 53.3 Å². The Bertz CT molecular complexity index is 864. The van der Waals surface area contributed by atoms with Crippen LogP contribution in [0.4, 0.5) is 14.5 Å². The highest BCUT2D eigenvalue weighted by Gasteiger charge is 2.35. The Morgan fingerprint density at radius 2 is 2.00 bits per heavy atom. The summed E-state index contributed by atoms with van der Waals surface area (Å²) in [7, 11) is 0. The fourth-order valence-corrected chi connectivity index (χ4v) is 2.09. The van der Waals surface area contributed by atoms with Crippen LogP contribution >= 0.6 is 11.6 Å². The number of Topliss-reactive ketones (excluding diaryl/α,β-unsaturated/α-hetero) is 1. The van der Waals surface area contributed by atoms with Crippen molar-refractivity contribution in [2.45, 2.75) is 5.38 Å². The largest absolute Gasteiger partial charge is 0.400 e. The monoisotopic (exact) mass is 364 g/mol. The molecule has 0 aliphatic heterocycles. The lowest BCUT2D eigenvalue weighted by Gasteiger charge is -2.05. The Morgan fingerprint density at radius 1 is 1.24 bits per heavy atom. The van der Waals surface area contributed by atoms with E-state index in [1.807, 2.05) is 0 Å². The second-order valence-corrected chi connectivity index (χ2v) is 5.49. The van der Waals surface area contributed by atoms with Crippen molar-refractivity contribution in [3.8, 4) is 11.4 Å². The molecule has 2 aromatic heterocycles. The van der Waals surface area contributed by atoms with Crippen LogP contribution in [0.3, 0.4) is 0 Å². The number of rotatable bonds is 6. The van der Waals surface area contributed by atoms with Gasteiger partial charge in [0.05, 0.1) is 12.2 Å². The Kier molecular flexibility index (Phi) is 4.71. The third-order valence-electron chi connectivity index (χ3n) is 3.25. The summed E-state index contributed by atoms with van der Waals surface area (Å²) in [4.78, 5) is 19.6. The molecular weight excluding hydrogens is 354 g/mol. The molecule has 3 aromatic rings. The van der Waals surface area contributed by atoms with Gasteiger partial charge in [-0.3, -0.25) is 9.78 Å². The quantitative estimate of drug-likeness (QED) is 0.530. The number of benzene rings is 1. The molecule has 25 heavy (non-hydrogen) atoms. The molecule has 0 amide bonds. The highest BCUT2D eigenvalue weighted by atomic mass is 35.5. The second kappa shape index (κ2) is 6.94. The number of pyridine rings is 1. The SMILES string of the molecule is O=C(CNc1cccnc1)c1ccc(-c2noc(C(F)(F)Cl)n2)cc1. The van der Waals surface area contributed by atoms with Gasteiger partial charge in [-0.05, 0) is 23.7 Å². The molecule has 0 spiro atoms. The lowest BCUT2D eigenvalue weighted by Crippen LogP contribution is -2.13. The van der Waals surface area contributed by atoms with Crippen LogP contribution in [-0.4, -0.2) is 27.5 Å². The van der Waals surface area contributed by atoms with E-state index in [9.17, 15) is 13.6 Å². The topological polar surface area (TPSA) is 80.9 Å². The molecule has 128 valence electrons. The van der Waals surface area contributed by atoms with Gasteiger partial charge in [-0.1, -0.05) is 29.4 Å². The molecule has 0 atom stereocenters. The molecule has 0 bridgehead atoms. The highest BCUT2D eigenvalue weighted by Crippen LogP contribution is 2.32. The van der Waals surface area contributed by atoms with Gasteiger partial charge in [0.2, 0.25) is 5.82 Å². The number of ketones is 1. The maximum atomic E-state index is 12.9. The number of halogens is 3. The smallest absolute Gasteiger partial charge is 0.376 e. The molecule has 9 heteroatoms. The number of hydrogen-bond donors (Lipinski definition) is 1. The van der Waals surface area contributed by atoms with Crippen molar-refractivity contribution < 1.29 is 18.1 Å². The van der Waals surface area contributed by atoms with Crippen molar-refractivity contribution in [2.75, 3.05) is 11.9 Å². The Morgan fingerprint density at radius 3 is 2.60 bits per heavy atom. The summed E-state index contributed by atoms with van der Waals surface area (Å²) in [5.74, 6) is -1.16. The fourth-order valence-electron chi connectivity index (χ4n) is 2.01. The molecule has 6 nitrogen and oxygen atoms in total. The average Bonchev–Trinajstić information content (AvgIpc) is 3.11. The number of nitrogens with one attached hydrogen (secondary N) is 1. The predicted octanol–water partition coefficient (Wildman–Crippen LogP) is 3.71. The van der Waals surface area contributed by atoms with Crippen molar-refractivity contribution in [3.05, 3.63) is 60.2 Å².